The first-order valence-electron chi connectivity index (χ1n) is 5.39. The van der Waals surface area contributed by atoms with Crippen molar-refractivity contribution in [2.75, 3.05) is 13.1 Å². The Labute approximate surface area is 102 Å². The molecule has 1 amide bonds. The van der Waals surface area contributed by atoms with E-state index in [4.69, 9.17) is 0 Å². The molecule has 84 valence electrons. The molecule has 1 aromatic carbocycles. The van der Waals surface area contributed by atoms with Crippen molar-refractivity contribution in [3.63, 3.8) is 0 Å². The highest BCUT2D eigenvalue weighted by Gasteiger charge is 2.46. The molecule has 0 aromatic heterocycles. The number of carbonyl (C=O) groups excluding carboxylic acids is 1. The monoisotopic (exact) mass is 283 g/mol. The Balaban J connectivity index is 1.83. The summed E-state index contributed by atoms with van der Waals surface area (Å²) in [5.74, 6) is 1.14. The van der Waals surface area contributed by atoms with Gasteiger partial charge in [0, 0.05) is 17.6 Å². The van der Waals surface area contributed by atoms with Gasteiger partial charge in [-0.05, 0) is 52.4 Å². The van der Waals surface area contributed by atoms with Crippen LogP contribution in [0.5, 0.6) is 0 Å². The van der Waals surface area contributed by atoms with Crippen molar-refractivity contribution >= 4 is 21.8 Å². The average Bonchev–Trinajstić information content (AvgIpc) is 2.85. The first-order chi connectivity index (χ1) is 7.65. The van der Waals surface area contributed by atoms with Crippen molar-refractivity contribution < 1.29 is 9.18 Å². The Morgan fingerprint density at radius 2 is 2.06 bits per heavy atom. The van der Waals surface area contributed by atoms with Crippen molar-refractivity contribution in [2.24, 2.45) is 11.8 Å². The normalized spacial score (nSPS) is 26.8. The highest BCUT2D eigenvalue weighted by molar-refractivity contribution is 9.10. The predicted molar refractivity (Wildman–Crippen MR) is 61.6 cm³/mol. The van der Waals surface area contributed by atoms with Gasteiger partial charge < -0.3 is 4.90 Å². The Hall–Kier alpha value is -0.900. The Bertz CT molecular complexity index is 452. The fourth-order valence-electron chi connectivity index (χ4n) is 2.40. The van der Waals surface area contributed by atoms with Crippen molar-refractivity contribution in [1.82, 2.24) is 4.90 Å². The van der Waals surface area contributed by atoms with Gasteiger partial charge in [-0.25, -0.2) is 4.39 Å². The van der Waals surface area contributed by atoms with Crippen LogP contribution in [0.15, 0.2) is 22.7 Å². The maximum Gasteiger partial charge on any atom is 0.255 e. The molecule has 1 aliphatic carbocycles. The molecule has 1 aliphatic heterocycles. The first kappa shape index (κ1) is 10.3. The minimum absolute atomic E-state index is 0.0130. The fraction of sp³-hybridized carbons (Fsp3) is 0.417. The van der Waals surface area contributed by atoms with Crippen LogP contribution in [0.2, 0.25) is 0 Å². The SMILES string of the molecule is O=C(c1ccc(F)cc1Br)N1CC2CC2C1. The van der Waals surface area contributed by atoms with Crippen LogP contribution in [-0.4, -0.2) is 23.9 Å². The van der Waals surface area contributed by atoms with Gasteiger partial charge in [0.2, 0.25) is 0 Å². The molecule has 0 N–H and O–H groups in total. The zero-order chi connectivity index (χ0) is 11.3. The minimum Gasteiger partial charge on any atom is -0.338 e. The number of amides is 1. The van der Waals surface area contributed by atoms with Gasteiger partial charge in [0.1, 0.15) is 5.82 Å². The lowest BCUT2D eigenvalue weighted by molar-refractivity contribution is 0.0774. The van der Waals surface area contributed by atoms with Gasteiger partial charge in [0.15, 0.2) is 0 Å². The molecule has 1 heterocycles. The first-order valence-corrected chi connectivity index (χ1v) is 6.19. The van der Waals surface area contributed by atoms with E-state index in [1.807, 2.05) is 4.90 Å². The summed E-state index contributed by atoms with van der Waals surface area (Å²) in [6.07, 6.45) is 1.27. The molecule has 2 atom stereocenters. The van der Waals surface area contributed by atoms with Crippen LogP contribution >= 0.6 is 15.9 Å². The predicted octanol–water partition coefficient (Wildman–Crippen LogP) is 2.68. The topological polar surface area (TPSA) is 20.3 Å². The van der Waals surface area contributed by atoms with E-state index in [1.54, 1.807) is 6.07 Å². The second kappa shape index (κ2) is 3.55. The summed E-state index contributed by atoms with van der Waals surface area (Å²) in [6.45, 7) is 1.74. The number of hydrogen-bond donors (Lipinski definition) is 0. The van der Waals surface area contributed by atoms with E-state index in [0.29, 0.717) is 10.0 Å². The number of fused-ring (bicyclic) bond motifs is 1. The highest BCUT2D eigenvalue weighted by atomic mass is 79.9. The van der Waals surface area contributed by atoms with E-state index in [-0.39, 0.29) is 11.7 Å². The Kier molecular flexibility index (Phi) is 2.28. The molecule has 2 fully saturated rings. The maximum absolute atomic E-state index is 12.9. The van der Waals surface area contributed by atoms with Gasteiger partial charge in [-0.2, -0.15) is 0 Å². The number of benzene rings is 1. The molecular formula is C12H11BrFNO. The number of halogens is 2. The van der Waals surface area contributed by atoms with Crippen LogP contribution in [0.1, 0.15) is 16.8 Å². The summed E-state index contributed by atoms with van der Waals surface area (Å²) in [5.41, 5.74) is 0.558. The van der Waals surface area contributed by atoms with Crippen molar-refractivity contribution in [1.29, 1.82) is 0 Å². The second-order valence-electron chi connectivity index (χ2n) is 4.59. The molecule has 16 heavy (non-hydrogen) atoms. The van der Waals surface area contributed by atoms with E-state index in [2.05, 4.69) is 15.9 Å². The summed E-state index contributed by atoms with van der Waals surface area (Å²) in [5, 5.41) is 0. The summed E-state index contributed by atoms with van der Waals surface area (Å²) < 4.78 is 13.4. The van der Waals surface area contributed by atoms with Gasteiger partial charge in [0.25, 0.3) is 5.91 Å². The van der Waals surface area contributed by atoms with Crippen molar-refractivity contribution in [2.45, 2.75) is 6.42 Å². The van der Waals surface area contributed by atoms with Crippen molar-refractivity contribution in [3.05, 3.63) is 34.1 Å². The van der Waals surface area contributed by atoms with Gasteiger partial charge >= 0.3 is 0 Å². The summed E-state index contributed by atoms with van der Waals surface area (Å²) in [4.78, 5) is 14.0. The van der Waals surface area contributed by atoms with E-state index in [9.17, 15) is 9.18 Å². The molecule has 2 aliphatic rings. The highest BCUT2D eigenvalue weighted by Crippen LogP contribution is 2.45. The number of carbonyl (C=O) groups is 1. The lowest BCUT2D eigenvalue weighted by Crippen LogP contribution is -2.30. The van der Waals surface area contributed by atoms with Gasteiger partial charge in [0.05, 0.1) is 5.56 Å². The van der Waals surface area contributed by atoms with Crippen LogP contribution in [0.25, 0.3) is 0 Å². The molecule has 1 saturated heterocycles. The lowest BCUT2D eigenvalue weighted by Gasteiger charge is -2.18. The third-order valence-corrected chi connectivity index (χ3v) is 4.08. The minimum atomic E-state index is -0.326. The smallest absolute Gasteiger partial charge is 0.255 e. The lowest BCUT2D eigenvalue weighted by atomic mass is 10.2. The molecule has 1 aromatic rings. The number of hydrogen-bond acceptors (Lipinski definition) is 1. The van der Waals surface area contributed by atoms with E-state index >= 15 is 0 Å². The molecule has 1 saturated carbocycles. The molecule has 0 spiro atoms. The Morgan fingerprint density at radius 1 is 1.38 bits per heavy atom. The molecule has 0 radical (unpaired) electrons. The van der Waals surface area contributed by atoms with E-state index in [0.717, 1.165) is 24.9 Å². The average molecular weight is 284 g/mol. The summed E-state index contributed by atoms with van der Waals surface area (Å²) in [6, 6.07) is 4.21. The fourth-order valence-corrected chi connectivity index (χ4v) is 2.92. The quantitative estimate of drug-likeness (QED) is 0.776. The van der Waals surface area contributed by atoms with E-state index in [1.165, 1.54) is 18.6 Å². The van der Waals surface area contributed by atoms with Crippen LogP contribution in [0.4, 0.5) is 4.39 Å². The third-order valence-electron chi connectivity index (χ3n) is 3.43. The second-order valence-corrected chi connectivity index (χ2v) is 5.44. The van der Waals surface area contributed by atoms with Crippen LogP contribution in [-0.2, 0) is 0 Å². The molecule has 2 unspecified atom stereocenters. The number of rotatable bonds is 1. The number of likely N-dealkylation sites (tertiary alicyclic amines) is 1. The summed E-state index contributed by atoms with van der Waals surface area (Å²) in [7, 11) is 0. The largest absolute Gasteiger partial charge is 0.338 e. The van der Waals surface area contributed by atoms with Crippen LogP contribution in [0.3, 0.4) is 0 Å². The van der Waals surface area contributed by atoms with Gasteiger partial charge in [-0.1, -0.05) is 0 Å². The summed E-state index contributed by atoms with van der Waals surface area (Å²) >= 11 is 3.23. The Morgan fingerprint density at radius 3 is 2.69 bits per heavy atom. The third kappa shape index (κ3) is 1.65. The zero-order valence-corrected chi connectivity index (χ0v) is 10.2. The standard InChI is InChI=1S/C12H11BrFNO/c13-11-4-9(14)1-2-10(11)12(16)15-5-7-3-8(7)6-15/h1-2,4,7-8H,3,5-6H2. The van der Waals surface area contributed by atoms with Crippen molar-refractivity contribution in [3.8, 4) is 0 Å². The molecule has 2 nitrogen and oxygen atoms in total. The van der Waals surface area contributed by atoms with Gasteiger partial charge in [-0.3, -0.25) is 4.79 Å². The van der Waals surface area contributed by atoms with Gasteiger partial charge in [-0.15, -0.1) is 0 Å². The number of nitrogens with zero attached hydrogens (tertiary/aromatic N) is 1. The molecule has 3 rings (SSSR count). The molecule has 0 bridgehead atoms. The van der Waals surface area contributed by atoms with Crippen LogP contribution < -0.4 is 0 Å². The number of piperidine rings is 1. The molecular weight excluding hydrogens is 273 g/mol. The molecule has 4 heteroatoms. The van der Waals surface area contributed by atoms with Crippen LogP contribution in [0, 0.1) is 17.7 Å². The zero-order valence-electron chi connectivity index (χ0n) is 8.62. The van der Waals surface area contributed by atoms with E-state index < -0.39 is 0 Å². The maximum atomic E-state index is 12.9.